The quantitative estimate of drug-likeness (QED) is 0.438. The number of carbonyl (C=O) groups excluding carboxylic acids is 2. The van der Waals surface area contributed by atoms with Crippen molar-refractivity contribution in [2.75, 3.05) is 32.1 Å². The molecule has 1 heterocycles. The molecule has 2 atom stereocenters. The Bertz CT molecular complexity index is 710. The van der Waals surface area contributed by atoms with Crippen molar-refractivity contribution in [2.45, 2.75) is 45.1 Å². The van der Waals surface area contributed by atoms with Gasteiger partial charge in [0.2, 0.25) is 5.91 Å². The Morgan fingerprint density at radius 2 is 2.11 bits per heavy atom. The predicted molar refractivity (Wildman–Crippen MR) is 114 cm³/mol. The van der Waals surface area contributed by atoms with E-state index in [1.165, 1.54) is 39.8 Å². The van der Waals surface area contributed by atoms with E-state index >= 15 is 0 Å². The van der Waals surface area contributed by atoms with Gasteiger partial charge in [-0.3, -0.25) is 9.59 Å². The summed E-state index contributed by atoms with van der Waals surface area (Å²) in [6, 6.07) is 4.26. The average Bonchev–Trinajstić information content (AvgIpc) is 3.25. The molecule has 2 aliphatic rings. The number of nitrogens with zero attached hydrogens (tertiary/aromatic N) is 1. The second-order valence-corrected chi connectivity index (χ2v) is 8.67. The van der Waals surface area contributed by atoms with Gasteiger partial charge in [0.05, 0.1) is 18.4 Å². The molecular formula is C20H28IN3O3. The first kappa shape index (κ1) is 20.4. The maximum absolute atomic E-state index is 12.5. The van der Waals surface area contributed by atoms with Gasteiger partial charge in [0.15, 0.2) is 0 Å². The van der Waals surface area contributed by atoms with Crippen LogP contribution in [-0.4, -0.2) is 49.5 Å². The molecule has 2 amide bonds. The van der Waals surface area contributed by atoms with Crippen molar-refractivity contribution in [1.82, 2.24) is 10.2 Å². The van der Waals surface area contributed by atoms with Crippen molar-refractivity contribution in [3.05, 3.63) is 21.3 Å². The molecule has 1 aliphatic carbocycles. The van der Waals surface area contributed by atoms with Gasteiger partial charge in [-0.05, 0) is 73.2 Å². The summed E-state index contributed by atoms with van der Waals surface area (Å²) >= 11 is 2.11. The Kier molecular flexibility index (Phi) is 6.97. The minimum Gasteiger partial charge on any atom is -0.496 e. The van der Waals surface area contributed by atoms with Gasteiger partial charge in [-0.2, -0.15) is 0 Å². The third-order valence-corrected chi connectivity index (χ3v) is 6.42. The molecule has 148 valence electrons. The predicted octanol–water partition coefficient (Wildman–Crippen LogP) is 3.25. The number of hydrogen-bond donors (Lipinski definition) is 2. The van der Waals surface area contributed by atoms with Crippen LogP contribution >= 0.6 is 22.6 Å². The maximum atomic E-state index is 12.5. The Balaban J connectivity index is 1.47. The number of fused-ring (bicyclic) bond motifs is 2. The highest BCUT2D eigenvalue weighted by molar-refractivity contribution is 14.1. The Morgan fingerprint density at radius 1 is 1.30 bits per heavy atom. The molecular weight excluding hydrogens is 457 g/mol. The number of nitrogens with one attached hydrogen (secondary N) is 2. The number of anilines is 1. The van der Waals surface area contributed by atoms with Crippen molar-refractivity contribution >= 4 is 40.1 Å². The molecule has 1 saturated carbocycles. The number of carbonyl (C=O) groups is 2. The van der Waals surface area contributed by atoms with E-state index < -0.39 is 0 Å². The van der Waals surface area contributed by atoms with Gasteiger partial charge in [0, 0.05) is 35.7 Å². The van der Waals surface area contributed by atoms with Gasteiger partial charge < -0.3 is 20.3 Å². The second-order valence-electron chi connectivity index (χ2n) is 7.50. The number of halogens is 1. The van der Waals surface area contributed by atoms with Crippen LogP contribution < -0.4 is 15.4 Å². The minimum atomic E-state index is -0.154. The number of benzene rings is 1. The SMILES string of the molecule is COc1cc(NC(C)=O)c(I)cc1C(=O)NCCCCN1C[C@@H]2CC[C@H]1C2. The third-order valence-electron chi connectivity index (χ3n) is 5.52. The maximum Gasteiger partial charge on any atom is 0.255 e. The lowest BCUT2D eigenvalue weighted by Gasteiger charge is -2.26. The summed E-state index contributed by atoms with van der Waals surface area (Å²) < 4.78 is 6.15. The van der Waals surface area contributed by atoms with Gasteiger partial charge >= 0.3 is 0 Å². The molecule has 2 bridgehead atoms. The molecule has 1 aromatic rings. The molecule has 2 fully saturated rings. The lowest BCUT2D eigenvalue weighted by Crippen LogP contribution is -2.33. The van der Waals surface area contributed by atoms with Crippen LogP contribution in [0.4, 0.5) is 5.69 Å². The lowest BCUT2D eigenvalue weighted by molar-refractivity contribution is -0.114. The topological polar surface area (TPSA) is 70.7 Å². The molecule has 0 aromatic heterocycles. The van der Waals surface area contributed by atoms with Crippen molar-refractivity contribution in [3.63, 3.8) is 0 Å². The Hall–Kier alpha value is -1.35. The molecule has 1 aliphatic heterocycles. The second kappa shape index (κ2) is 9.23. The van der Waals surface area contributed by atoms with E-state index in [9.17, 15) is 9.59 Å². The smallest absolute Gasteiger partial charge is 0.255 e. The van der Waals surface area contributed by atoms with Crippen LogP contribution in [0.25, 0.3) is 0 Å². The first-order valence-electron chi connectivity index (χ1n) is 9.65. The van der Waals surface area contributed by atoms with Gasteiger partial charge in [0.1, 0.15) is 5.75 Å². The number of unbranched alkanes of at least 4 members (excludes halogenated alkanes) is 1. The van der Waals surface area contributed by atoms with E-state index in [1.807, 2.05) is 0 Å². The summed E-state index contributed by atoms with van der Waals surface area (Å²) in [6.07, 6.45) is 6.26. The van der Waals surface area contributed by atoms with E-state index in [-0.39, 0.29) is 11.8 Å². The molecule has 0 radical (unpaired) electrons. The summed E-state index contributed by atoms with van der Waals surface area (Å²) in [4.78, 5) is 26.5. The first-order chi connectivity index (χ1) is 13.0. The molecule has 2 N–H and O–H groups in total. The average molecular weight is 485 g/mol. The fourth-order valence-electron chi connectivity index (χ4n) is 4.22. The first-order valence-corrected chi connectivity index (χ1v) is 10.7. The third kappa shape index (κ3) is 5.13. The number of ether oxygens (including phenoxy) is 1. The van der Waals surface area contributed by atoms with Gasteiger partial charge in [-0.1, -0.05) is 0 Å². The number of methoxy groups -OCH3 is 1. The monoisotopic (exact) mass is 485 g/mol. The highest BCUT2D eigenvalue weighted by atomic mass is 127. The standard InChI is InChI=1S/C20H28IN3O3/c1-13(25)23-18-11-19(27-2)16(10-17(18)21)20(26)22-7-3-4-8-24-12-14-5-6-15(24)9-14/h10-11,14-15H,3-9,12H2,1-2H3,(H,22,26)(H,23,25)/t14-,15+/m1/s1. The van der Waals surface area contributed by atoms with Crippen LogP contribution in [0.1, 0.15) is 49.4 Å². The Morgan fingerprint density at radius 3 is 2.74 bits per heavy atom. The molecule has 0 unspecified atom stereocenters. The number of amides is 2. The summed E-state index contributed by atoms with van der Waals surface area (Å²) in [5.41, 5.74) is 1.14. The van der Waals surface area contributed by atoms with E-state index in [1.54, 1.807) is 12.1 Å². The molecule has 0 spiro atoms. The van der Waals surface area contributed by atoms with Crippen LogP contribution in [0, 0.1) is 9.49 Å². The van der Waals surface area contributed by atoms with E-state index in [0.717, 1.165) is 34.9 Å². The normalized spacial score (nSPS) is 21.3. The van der Waals surface area contributed by atoms with Crippen molar-refractivity contribution in [2.24, 2.45) is 5.92 Å². The highest BCUT2D eigenvalue weighted by Gasteiger charge is 2.36. The van der Waals surface area contributed by atoms with E-state index in [4.69, 9.17) is 4.74 Å². The molecule has 7 heteroatoms. The molecule has 6 nitrogen and oxygen atoms in total. The number of likely N-dealkylation sites (tertiary alicyclic amines) is 1. The van der Waals surface area contributed by atoms with Crippen LogP contribution in [0.5, 0.6) is 5.75 Å². The lowest BCUT2D eigenvalue weighted by atomic mass is 10.1. The number of piperidine rings is 1. The summed E-state index contributed by atoms with van der Waals surface area (Å²) in [5.74, 6) is 1.10. The van der Waals surface area contributed by atoms with E-state index in [2.05, 4.69) is 38.1 Å². The van der Waals surface area contributed by atoms with Crippen LogP contribution in [0.3, 0.4) is 0 Å². The highest BCUT2D eigenvalue weighted by Crippen LogP contribution is 2.37. The largest absolute Gasteiger partial charge is 0.496 e. The van der Waals surface area contributed by atoms with Crippen molar-refractivity contribution < 1.29 is 14.3 Å². The molecule has 1 saturated heterocycles. The van der Waals surface area contributed by atoms with Crippen LogP contribution in [-0.2, 0) is 4.79 Å². The van der Waals surface area contributed by atoms with Crippen LogP contribution in [0.2, 0.25) is 0 Å². The summed E-state index contributed by atoms with van der Waals surface area (Å²) in [6.45, 7) is 4.53. The van der Waals surface area contributed by atoms with Crippen molar-refractivity contribution in [3.8, 4) is 5.75 Å². The molecule has 1 aromatic carbocycles. The van der Waals surface area contributed by atoms with Gasteiger partial charge in [-0.25, -0.2) is 0 Å². The molecule has 27 heavy (non-hydrogen) atoms. The summed E-state index contributed by atoms with van der Waals surface area (Å²) in [5, 5.41) is 5.74. The number of hydrogen-bond acceptors (Lipinski definition) is 4. The summed E-state index contributed by atoms with van der Waals surface area (Å²) in [7, 11) is 1.53. The fourth-order valence-corrected chi connectivity index (χ4v) is 4.82. The van der Waals surface area contributed by atoms with Gasteiger partial charge in [-0.15, -0.1) is 0 Å². The van der Waals surface area contributed by atoms with E-state index in [0.29, 0.717) is 23.5 Å². The van der Waals surface area contributed by atoms with Crippen LogP contribution in [0.15, 0.2) is 12.1 Å². The zero-order chi connectivity index (χ0) is 19.4. The minimum absolute atomic E-state index is 0.139. The zero-order valence-electron chi connectivity index (χ0n) is 16.0. The fraction of sp³-hybridized carbons (Fsp3) is 0.600. The van der Waals surface area contributed by atoms with Gasteiger partial charge in [0.25, 0.3) is 5.91 Å². The molecule has 3 rings (SSSR count). The zero-order valence-corrected chi connectivity index (χ0v) is 18.2. The van der Waals surface area contributed by atoms with Crippen molar-refractivity contribution in [1.29, 1.82) is 0 Å². The number of rotatable bonds is 8. The Labute approximate surface area is 174 Å².